The highest BCUT2D eigenvalue weighted by Crippen LogP contribution is 2.30. The Morgan fingerprint density at radius 3 is 2.24 bits per heavy atom. The molecule has 7 heteroatoms. The Balaban J connectivity index is 0.00000256. The number of rotatable bonds is 3. The maximum atomic E-state index is 12.1. The molecule has 0 heterocycles. The molecule has 1 aromatic carbocycles. The van der Waals surface area contributed by atoms with E-state index in [1.54, 1.807) is 0 Å². The van der Waals surface area contributed by atoms with Gasteiger partial charge in [-0.05, 0) is 6.07 Å². The summed E-state index contributed by atoms with van der Waals surface area (Å²) in [5.41, 5.74) is 4.92. The third kappa shape index (κ3) is 4.41. The van der Waals surface area contributed by atoms with Crippen LogP contribution >= 0.6 is 12.4 Å². The minimum atomic E-state index is -4.55. The summed E-state index contributed by atoms with van der Waals surface area (Å²) >= 11 is 0. The lowest BCUT2D eigenvalue weighted by Gasteiger charge is -2.19. The van der Waals surface area contributed by atoms with Gasteiger partial charge in [0.1, 0.15) is 11.8 Å². The summed E-state index contributed by atoms with van der Waals surface area (Å²) in [7, 11) is 0. The molecular formula is C10H13ClF3NO2. The second-order valence-electron chi connectivity index (χ2n) is 3.46. The zero-order valence-corrected chi connectivity index (χ0v) is 9.50. The molecule has 0 aliphatic heterocycles. The normalized spacial score (nSPS) is 14.9. The van der Waals surface area contributed by atoms with Gasteiger partial charge in [0.15, 0.2) is 0 Å². The van der Waals surface area contributed by atoms with Crippen molar-refractivity contribution in [2.24, 2.45) is 5.73 Å². The molecule has 0 aliphatic carbocycles. The van der Waals surface area contributed by atoms with E-state index in [9.17, 15) is 23.4 Å². The van der Waals surface area contributed by atoms with Gasteiger partial charge in [0.25, 0.3) is 0 Å². The summed E-state index contributed by atoms with van der Waals surface area (Å²) < 4.78 is 36.4. The standard InChI is InChI=1S/C10H12F3NO2.ClH/c11-10(12,13)9(14)5-8(16)6-3-1-2-4-7(6)15;/h1-4,8-9,15-16H,5,14H2;1H/t8-,9-;/m0./s1. The van der Waals surface area contributed by atoms with Gasteiger partial charge in [0.05, 0.1) is 6.10 Å². The molecule has 0 fully saturated rings. The van der Waals surface area contributed by atoms with Crippen LogP contribution in [0.15, 0.2) is 24.3 Å². The first kappa shape index (κ1) is 16.0. The average molecular weight is 272 g/mol. The smallest absolute Gasteiger partial charge is 0.403 e. The van der Waals surface area contributed by atoms with Crippen LogP contribution in [0.2, 0.25) is 0 Å². The predicted molar refractivity (Wildman–Crippen MR) is 59.0 cm³/mol. The van der Waals surface area contributed by atoms with E-state index in [1.807, 2.05) is 0 Å². The van der Waals surface area contributed by atoms with Crippen LogP contribution < -0.4 is 5.73 Å². The van der Waals surface area contributed by atoms with E-state index in [2.05, 4.69) is 0 Å². The summed E-state index contributed by atoms with van der Waals surface area (Å²) in [4.78, 5) is 0. The molecule has 4 N–H and O–H groups in total. The maximum Gasteiger partial charge on any atom is 0.403 e. The van der Waals surface area contributed by atoms with Crippen LogP contribution in [-0.4, -0.2) is 22.4 Å². The van der Waals surface area contributed by atoms with E-state index < -0.39 is 24.7 Å². The Hall–Kier alpha value is -0.980. The van der Waals surface area contributed by atoms with Gasteiger partial charge in [-0.2, -0.15) is 13.2 Å². The molecule has 0 unspecified atom stereocenters. The van der Waals surface area contributed by atoms with Crippen molar-refractivity contribution >= 4 is 12.4 Å². The Bertz CT molecular complexity index is 360. The zero-order chi connectivity index (χ0) is 12.3. The summed E-state index contributed by atoms with van der Waals surface area (Å²) in [6, 6.07) is 3.55. The van der Waals surface area contributed by atoms with Gasteiger partial charge in [-0.1, -0.05) is 18.2 Å². The predicted octanol–water partition coefficient (Wildman–Crippen LogP) is 2.13. The fourth-order valence-electron chi connectivity index (χ4n) is 1.27. The lowest BCUT2D eigenvalue weighted by Crippen LogP contribution is -2.38. The van der Waals surface area contributed by atoms with E-state index in [0.29, 0.717) is 0 Å². The van der Waals surface area contributed by atoms with Crippen molar-refractivity contribution in [3.63, 3.8) is 0 Å². The highest BCUT2D eigenvalue weighted by atomic mass is 35.5. The summed E-state index contributed by atoms with van der Waals surface area (Å²) in [6.07, 6.45) is -6.66. The lowest BCUT2D eigenvalue weighted by atomic mass is 10.0. The monoisotopic (exact) mass is 271 g/mol. The van der Waals surface area contributed by atoms with Gasteiger partial charge in [-0.25, -0.2) is 0 Å². The summed E-state index contributed by atoms with van der Waals surface area (Å²) in [6.45, 7) is 0. The number of aromatic hydroxyl groups is 1. The molecule has 2 atom stereocenters. The molecule has 0 aromatic heterocycles. The molecule has 0 spiro atoms. The molecular weight excluding hydrogens is 259 g/mol. The van der Waals surface area contributed by atoms with Crippen molar-refractivity contribution in [3.8, 4) is 5.75 Å². The van der Waals surface area contributed by atoms with Crippen molar-refractivity contribution in [2.45, 2.75) is 24.7 Å². The van der Waals surface area contributed by atoms with E-state index in [0.717, 1.165) is 0 Å². The summed E-state index contributed by atoms with van der Waals surface area (Å²) in [5, 5.41) is 18.8. The highest BCUT2D eigenvalue weighted by Gasteiger charge is 2.38. The van der Waals surface area contributed by atoms with Gasteiger partial charge in [0.2, 0.25) is 0 Å². The lowest BCUT2D eigenvalue weighted by molar-refractivity contribution is -0.153. The first-order valence-corrected chi connectivity index (χ1v) is 4.60. The quantitative estimate of drug-likeness (QED) is 0.789. The molecule has 0 aliphatic rings. The minimum Gasteiger partial charge on any atom is -0.508 e. The Morgan fingerprint density at radius 1 is 1.24 bits per heavy atom. The van der Waals surface area contributed by atoms with E-state index in [-0.39, 0.29) is 23.7 Å². The number of alkyl halides is 3. The summed E-state index contributed by atoms with van der Waals surface area (Å²) in [5.74, 6) is -0.246. The SMILES string of the molecule is Cl.N[C@@H](C[C@H](O)c1ccccc1O)C(F)(F)F. The molecule has 98 valence electrons. The largest absolute Gasteiger partial charge is 0.508 e. The van der Waals surface area contributed by atoms with Gasteiger partial charge >= 0.3 is 6.18 Å². The van der Waals surface area contributed by atoms with Crippen LogP contribution in [0.3, 0.4) is 0 Å². The fourth-order valence-corrected chi connectivity index (χ4v) is 1.27. The second-order valence-corrected chi connectivity index (χ2v) is 3.46. The Labute approximate surface area is 102 Å². The van der Waals surface area contributed by atoms with Crippen molar-refractivity contribution in [2.75, 3.05) is 0 Å². The number of phenolic OH excluding ortho intramolecular Hbond substituents is 1. The number of nitrogens with two attached hydrogens (primary N) is 1. The van der Waals surface area contributed by atoms with E-state index >= 15 is 0 Å². The van der Waals surface area contributed by atoms with Crippen molar-refractivity contribution in [1.29, 1.82) is 0 Å². The Morgan fingerprint density at radius 2 is 1.76 bits per heavy atom. The third-order valence-electron chi connectivity index (χ3n) is 2.19. The number of phenols is 1. The van der Waals surface area contributed by atoms with E-state index in [4.69, 9.17) is 5.73 Å². The first-order valence-electron chi connectivity index (χ1n) is 4.60. The maximum absolute atomic E-state index is 12.1. The number of halogens is 4. The van der Waals surface area contributed by atoms with Crippen molar-refractivity contribution < 1.29 is 23.4 Å². The molecule has 3 nitrogen and oxygen atoms in total. The van der Waals surface area contributed by atoms with Crippen molar-refractivity contribution in [1.82, 2.24) is 0 Å². The van der Waals surface area contributed by atoms with Crippen molar-refractivity contribution in [3.05, 3.63) is 29.8 Å². The van der Waals surface area contributed by atoms with Crippen LogP contribution in [-0.2, 0) is 0 Å². The number of aliphatic hydroxyl groups excluding tert-OH is 1. The fraction of sp³-hybridized carbons (Fsp3) is 0.400. The first-order chi connectivity index (χ1) is 7.32. The number of benzene rings is 1. The zero-order valence-electron chi connectivity index (χ0n) is 8.69. The Kier molecular flexibility index (Phi) is 5.74. The van der Waals surface area contributed by atoms with Crippen LogP contribution in [0.1, 0.15) is 18.1 Å². The van der Waals surface area contributed by atoms with Crippen LogP contribution in [0.4, 0.5) is 13.2 Å². The third-order valence-corrected chi connectivity index (χ3v) is 2.19. The molecule has 1 aromatic rings. The molecule has 1 rings (SSSR count). The molecule has 0 saturated heterocycles. The van der Waals surface area contributed by atoms with Gasteiger partial charge < -0.3 is 15.9 Å². The molecule has 0 radical (unpaired) electrons. The number of aliphatic hydroxyl groups is 1. The number of para-hydroxylation sites is 1. The molecule has 0 bridgehead atoms. The van der Waals surface area contributed by atoms with E-state index in [1.165, 1.54) is 24.3 Å². The minimum absolute atomic E-state index is 0. The van der Waals surface area contributed by atoms with Gasteiger partial charge in [0, 0.05) is 12.0 Å². The number of hydrogen-bond donors (Lipinski definition) is 3. The molecule has 0 amide bonds. The van der Waals surface area contributed by atoms with Crippen LogP contribution in [0.5, 0.6) is 5.75 Å². The molecule has 17 heavy (non-hydrogen) atoms. The highest BCUT2D eigenvalue weighted by molar-refractivity contribution is 5.85. The number of hydrogen-bond acceptors (Lipinski definition) is 3. The van der Waals surface area contributed by atoms with Gasteiger partial charge in [-0.15, -0.1) is 12.4 Å². The second kappa shape index (κ2) is 6.09. The van der Waals surface area contributed by atoms with Crippen LogP contribution in [0.25, 0.3) is 0 Å². The topological polar surface area (TPSA) is 66.5 Å². The molecule has 0 saturated carbocycles. The van der Waals surface area contributed by atoms with Gasteiger partial charge in [-0.3, -0.25) is 0 Å². The average Bonchev–Trinajstić information content (AvgIpc) is 2.16. The van der Waals surface area contributed by atoms with Crippen LogP contribution in [0, 0.1) is 0 Å².